The third kappa shape index (κ3) is 3.85. The molecule has 2 aromatic carbocycles. The van der Waals surface area contributed by atoms with Gasteiger partial charge in [-0.05, 0) is 34.4 Å². The minimum absolute atomic E-state index is 0.0150. The van der Waals surface area contributed by atoms with E-state index in [1.54, 1.807) is 16.8 Å². The first-order chi connectivity index (χ1) is 17.7. The zero-order valence-corrected chi connectivity index (χ0v) is 20.3. The van der Waals surface area contributed by atoms with Crippen LogP contribution in [0.15, 0.2) is 61.0 Å². The molecule has 3 amide bonds. The Hall–Kier alpha value is -4.15. The van der Waals surface area contributed by atoms with Gasteiger partial charge in [0.05, 0.1) is 23.2 Å². The minimum atomic E-state index is -0.544. The van der Waals surface area contributed by atoms with E-state index >= 15 is 0 Å². The standard InChI is InChI=1S/C27H26N4O6/c1-14(26(35)30-10-17(32)11-30)28-25(34)15(2)31-12-20-18(5-4-6-19(20)24-27(31)37-24)16-7-8-22-21(9-16)29(3)23(33)13-36-22/h4-9,17,24,27,32H,1-2,10-13H2,3H3,(H,28,34). The number of benzene rings is 2. The Morgan fingerprint density at radius 1 is 1.16 bits per heavy atom. The van der Waals surface area contributed by atoms with Gasteiger partial charge in [0.15, 0.2) is 12.8 Å². The summed E-state index contributed by atoms with van der Waals surface area (Å²) >= 11 is 0. The van der Waals surface area contributed by atoms with Crippen molar-refractivity contribution in [1.29, 1.82) is 0 Å². The molecule has 190 valence electrons. The number of fused-ring (bicyclic) bond motifs is 4. The second kappa shape index (κ2) is 8.46. The lowest BCUT2D eigenvalue weighted by Crippen LogP contribution is -2.55. The first kappa shape index (κ1) is 23.3. The van der Waals surface area contributed by atoms with E-state index in [1.807, 2.05) is 36.4 Å². The highest BCUT2D eigenvalue weighted by atomic mass is 16.6. The van der Waals surface area contributed by atoms with Crippen LogP contribution in [0.3, 0.4) is 0 Å². The molecule has 10 heteroatoms. The van der Waals surface area contributed by atoms with Crippen LogP contribution in [0.1, 0.15) is 17.2 Å². The predicted octanol–water partition coefficient (Wildman–Crippen LogP) is 1.27. The summed E-state index contributed by atoms with van der Waals surface area (Å²) in [5, 5.41) is 12.0. The average Bonchev–Trinajstić information content (AvgIpc) is 3.68. The first-order valence-corrected chi connectivity index (χ1v) is 12.0. The molecule has 4 heterocycles. The topological polar surface area (TPSA) is 115 Å². The fourth-order valence-electron chi connectivity index (χ4n) is 5.04. The van der Waals surface area contributed by atoms with Crippen LogP contribution in [0.4, 0.5) is 5.69 Å². The fraction of sp³-hybridized carbons (Fsp3) is 0.296. The third-order valence-electron chi connectivity index (χ3n) is 7.26. The molecule has 0 radical (unpaired) electrons. The van der Waals surface area contributed by atoms with Gasteiger partial charge >= 0.3 is 0 Å². The van der Waals surface area contributed by atoms with Crippen LogP contribution >= 0.6 is 0 Å². The second-order valence-corrected chi connectivity index (χ2v) is 9.62. The molecule has 2 fully saturated rings. The number of carbonyl (C=O) groups is 3. The van der Waals surface area contributed by atoms with Crippen LogP contribution in [0, 0.1) is 0 Å². The van der Waals surface area contributed by atoms with Crippen molar-refractivity contribution in [3.8, 4) is 16.9 Å². The summed E-state index contributed by atoms with van der Waals surface area (Å²) < 4.78 is 11.5. The van der Waals surface area contributed by atoms with Crippen molar-refractivity contribution in [3.05, 3.63) is 72.1 Å². The van der Waals surface area contributed by atoms with Gasteiger partial charge in [0.2, 0.25) is 0 Å². The number of epoxide rings is 1. The van der Waals surface area contributed by atoms with Crippen LogP contribution in [-0.2, 0) is 25.7 Å². The largest absolute Gasteiger partial charge is 0.482 e. The summed E-state index contributed by atoms with van der Waals surface area (Å²) in [6, 6.07) is 11.7. The van der Waals surface area contributed by atoms with E-state index < -0.39 is 17.9 Å². The number of likely N-dealkylation sites (N-methyl/N-ethyl adjacent to an activating group) is 1. The lowest BCUT2D eigenvalue weighted by Gasteiger charge is -2.36. The molecule has 10 nitrogen and oxygen atoms in total. The normalized spacial score (nSPS) is 21.7. The molecular formula is C27H26N4O6. The molecule has 0 spiro atoms. The van der Waals surface area contributed by atoms with E-state index in [2.05, 4.69) is 18.5 Å². The van der Waals surface area contributed by atoms with E-state index in [-0.39, 0.29) is 49.3 Å². The SMILES string of the molecule is C=C(NC(=O)C(=C)N1Cc2c(-c3ccc4c(c3)N(C)C(=O)CO4)cccc2C2OC21)C(=O)N1CC(O)C1. The number of nitrogens with zero attached hydrogens (tertiary/aromatic N) is 3. The maximum atomic E-state index is 13.0. The van der Waals surface area contributed by atoms with Gasteiger partial charge in [0.1, 0.15) is 11.9 Å². The Bertz CT molecular complexity index is 1380. The monoisotopic (exact) mass is 502 g/mol. The number of hydrogen-bond acceptors (Lipinski definition) is 7. The molecule has 0 aliphatic carbocycles. The highest BCUT2D eigenvalue weighted by Crippen LogP contribution is 2.50. The van der Waals surface area contributed by atoms with Crippen molar-refractivity contribution >= 4 is 23.4 Å². The first-order valence-electron chi connectivity index (χ1n) is 12.0. The molecule has 6 rings (SSSR count). The molecule has 0 saturated carbocycles. The van der Waals surface area contributed by atoms with Gasteiger partial charge in [-0.25, -0.2) is 0 Å². The Kier molecular flexibility index (Phi) is 5.32. The highest BCUT2D eigenvalue weighted by molar-refractivity contribution is 6.02. The van der Waals surface area contributed by atoms with Crippen molar-refractivity contribution in [2.75, 3.05) is 31.6 Å². The van der Waals surface area contributed by atoms with Gasteiger partial charge in [-0.2, -0.15) is 0 Å². The number of ether oxygens (including phenoxy) is 2. The maximum Gasteiger partial charge on any atom is 0.271 e. The number of anilines is 1. The van der Waals surface area contributed by atoms with Crippen molar-refractivity contribution in [2.45, 2.75) is 25.0 Å². The van der Waals surface area contributed by atoms with E-state index in [0.29, 0.717) is 18.0 Å². The van der Waals surface area contributed by atoms with Crippen LogP contribution in [0.2, 0.25) is 0 Å². The number of likely N-dealkylation sites (tertiary alicyclic amines) is 1. The number of amides is 3. The molecule has 4 aliphatic rings. The number of aliphatic hydroxyl groups excluding tert-OH is 1. The lowest BCUT2D eigenvalue weighted by atomic mass is 9.90. The van der Waals surface area contributed by atoms with Crippen molar-refractivity contribution < 1.29 is 29.0 Å². The van der Waals surface area contributed by atoms with Crippen LogP contribution < -0.4 is 15.0 Å². The molecule has 2 N–H and O–H groups in total. The minimum Gasteiger partial charge on any atom is -0.482 e. The van der Waals surface area contributed by atoms with E-state index in [1.165, 1.54) is 4.90 Å². The summed E-state index contributed by atoms with van der Waals surface area (Å²) in [4.78, 5) is 42.3. The quantitative estimate of drug-likeness (QED) is 0.467. The number of rotatable bonds is 5. The van der Waals surface area contributed by atoms with Crippen LogP contribution in [0.5, 0.6) is 5.75 Å². The highest BCUT2D eigenvalue weighted by Gasteiger charge is 2.51. The van der Waals surface area contributed by atoms with Crippen molar-refractivity contribution in [1.82, 2.24) is 15.1 Å². The molecule has 2 unspecified atom stereocenters. The zero-order chi connectivity index (χ0) is 26.0. The van der Waals surface area contributed by atoms with E-state index in [4.69, 9.17) is 9.47 Å². The Morgan fingerprint density at radius 2 is 1.95 bits per heavy atom. The smallest absolute Gasteiger partial charge is 0.271 e. The molecule has 0 aromatic heterocycles. The van der Waals surface area contributed by atoms with Gasteiger partial charge in [-0.1, -0.05) is 37.4 Å². The van der Waals surface area contributed by atoms with E-state index in [0.717, 1.165) is 22.3 Å². The van der Waals surface area contributed by atoms with Crippen LogP contribution in [-0.4, -0.2) is 71.7 Å². The summed E-state index contributed by atoms with van der Waals surface area (Å²) in [7, 11) is 1.73. The second-order valence-electron chi connectivity index (χ2n) is 9.62. The zero-order valence-electron chi connectivity index (χ0n) is 20.3. The molecule has 2 atom stereocenters. The summed E-state index contributed by atoms with van der Waals surface area (Å²) in [5.41, 5.74) is 4.68. The third-order valence-corrected chi connectivity index (χ3v) is 7.26. The average molecular weight is 503 g/mol. The molecule has 4 aliphatic heterocycles. The van der Waals surface area contributed by atoms with Crippen LogP contribution in [0.25, 0.3) is 11.1 Å². The Morgan fingerprint density at radius 3 is 2.70 bits per heavy atom. The summed E-state index contributed by atoms with van der Waals surface area (Å²) in [6.45, 7) is 8.49. The van der Waals surface area contributed by atoms with E-state index in [9.17, 15) is 19.5 Å². The Labute approximate surface area is 213 Å². The van der Waals surface area contributed by atoms with Gasteiger partial charge in [-0.3, -0.25) is 14.4 Å². The van der Waals surface area contributed by atoms with Gasteiger partial charge in [0, 0.05) is 26.7 Å². The maximum absolute atomic E-state index is 13.0. The van der Waals surface area contributed by atoms with Gasteiger partial charge < -0.3 is 34.6 Å². The molecule has 0 bridgehead atoms. The molecule has 37 heavy (non-hydrogen) atoms. The number of carbonyl (C=O) groups excluding carboxylic acids is 3. The molecule has 2 saturated heterocycles. The Balaban J connectivity index is 1.24. The van der Waals surface area contributed by atoms with Gasteiger partial charge in [-0.15, -0.1) is 0 Å². The van der Waals surface area contributed by atoms with Crippen molar-refractivity contribution in [2.24, 2.45) is 0 Å². The molecular weight excluding hydrogens is 476 g/mol. The van der Waals surface area contributed by atoms with Gasteiger partial charge in [0.25, 0.3) is 17.7 Å². The number of β-amino-alcohol motifs (C(OH)–C–C–N with tert-alkyl or cyclic N) is 1. The lowest BCUT2D eigenvalue weighted by molar-refractivity contribution is -0.138. The van der Waals surface area contributed by atoms with Crippen molar-refractivity contribution in [3.63, 3.8) is 0 Å². The summed E-state index contributed by atoms with van der Waals surface area (Å²) in [6.07, 6.45) is -1.07. The summed E-state index contributed by atoms with van der Waals surface area (Å²) in [5.74, 6) is -0.443. The number of nitrogens with one attached hydrogen (secondary N) is 1. The molecule has 2 aromatic rings. The number of hydrogen-bond donors (Lipinski definition) is 2. The predicted molar refractivity (Wildman–Crippen MR) is 133 cm³/mol. The fourth-order valence-corrected chi connectivity index (χ4v) is 5.04. The number of aliphatic hydroxyl groups is 1.